The average Bonchev–Trinajstić information content (AvgIpc) is 3.04. The van der Waals surface area contributed by atoms with Crippen LogP contribution in [0, 0.1) is 0 Å². The molecule has 3 aromatic rings. The number of aromatic nitrogens is 1. The van der Waals surface area contributed by atoms with E-state index in [1.165, 1.54) is 0 Å². The Morgan fingerprint density at radius 1 is 1.10 bits per heavy atom. The normalized spacial score (nSPS) is 13.7. The molecule has 0 amide bonds. The number of nitrogens with zero attached hydrogens (tertiary/aromatic N) is 2. The molecular formula is C16H11N3O. The van der Waals surface area contributed by atoms with E-state index in [0.717, 1.165) is 32.6 Å². The number of para-hydroxylation sites is 1. The number of benzene rings is 2. The first-order valence-corrected chi connectivity index (χ1v) is 6.34. The Hall–Kier alpha value is -2.88. The standard InChI is InChI=1S/C16H11N3O/c20-16-13(12-3-1-2-4-15(12)18-16)8-10-5-6-14-11(7-10)9-17-19-14/h1-9,18,20H/b10-8+. The summed E-state index contributed by atoms with van der Waals surface area (Å²) in [4.78, 5) is 2.98. The molecule has 2 aromatic carbocycles. The van der Waals surface area contributed by atoms with Crippen molar-refractivity contribution in [3.8, 4) is 5.88 Å². The highest BCUT2D eigenvalue weighted by Gasteiger charge is 2.07. The van der Waals surface area contributed by atoms with E-state index in [1.54, 1.807) is 6.21 Å². The molecule has 0 bridgehead atoms. The summed E-state index contributed by atoms with van der Waals surface area (Å²) in [5.41, 5.74) is 2.72. The fraction of sp³-hybridized carbons (Fsp3) is 0. The van der Waals surface area contributed by atoms with Gasteiger partial charge in [0.2, 0.25) is 0 Å². The minimum absolute atomic E-state index is 0.185. The van der Waals surface area contributed by atoms with Gasteiger partial charge in [-0.1, -0.05) is 24.3 Å². The molecule has 1 aliphatic rings. The van der Waals surface area contributed by atoms with Crippen molar-refractivity contribution >= 4 is 23.2 Å². The number of rotatable bonds is 1. The van der Waals surface area contributed by atoms with Gasteiger partial charge in [0, 0.05) is 22.0 Å². The van der Waals surface area contributed by atoms with Gasteiger partial charge in [-0.3, -0.25) is 0 Å². The Labute approximate surface area is 114 Å². The Bertz CT molecular complexity index is 967. The summed E-state index contributed by atoms with van der Waals surface area (Å²) in [5, 5.41) is 20.8. The van der Waals surface area contributed by atoms with Gasteiger partial charge < -0.3 is 10.1 Å². The Morgan fingerprint density at radius 2 is 2.00 bits per heavy atom. The van der Waals surface area contributed by atoms with Crippen LogP contribution in [0.1, 0.15) is 11.1 Å². The average molecular weight is 261 g/mol. The van der Waals surface area contributed by atoms with Crippen LogP contribution in [-0.2, 0) is 0 Å². The van der Waals surface area contributed by atoms with E-state index in [9.17, 15) is 5.11 Å². The zero-order valence-electron chi connectivity index (χ0n) is 10.5. The molecule has 1 aliphatic heterocycles. The fourth-order valence-electron chi connectivity index (χ4n) is 2.47. The first kappa shape index (κ1) is 11.0. The van der Waals surface area contributed by atoms with E-state index in [4.69, 9.17) is 0 Å². The predicted octanol–water partition coefficient (Wildman–Crippen LogP) is 1.67. The van der Waals surface area contributed by atoms with Crippen molar-refractivity contribution in [3.63, 3.8) is 0 Å². The van der Waals surface area contributed by atoms with Crippen LogP contribution in [0.25, 0.3) is 17.0 Å². The minimum Gasteiger partial charge on any atom is -0.494 e. The van der Waals surface area contributed by atoms with Gasteiger partial charge in [-0.25, -0.2) is 0 Å². The molecule has 0 atom stereocenters. The quantitative estimate of drug-likeness (QED) is 0.687. The van der Waals surface area contributed by atoms with Crippen LogP contribution in [0.15, 0.2) is 52.7 Å². The van der Waals surface area contributed by atoms with Gasteiger partial charge in [-0.05, 0) is 29.5 Å². The molecule has 1 aromatic heterocycles. The lowest BCUT2D eigenvalue weighted by atomic mass is 10.1. The molecule has 0 saturated heterocycles. The maximum absolute atomic E-state index is 10.1. The van der Waals surface area contributed by atoms with Crippen LogP contribution in [0.3, 0.4) is 0 Å². The first-order chi connectivity index (χ1) is 9.81. The van der Waals surface area contributed by atoms with Crippen molar-refractivity contribution in [2.75, 3.05) is 0 Å². The molecule has 0 radical (unpaired) electrons. The summed E-state index contributed by atoms with van der Waals surface area (Å²) in [7, 11) is 0. The SMILES string of the molecule is Oc1[nH]c2ccccc2c1/C=c1\ccc2c(c1)C=NN=2. The van der Waals surface area contributed by atoms with E-state index in [0.29, 0.717) is 0 Å². The molecule has 0 unspecified atom stereocenters. The van der Waals surface area contributed by atoms with Gasteiger partial charge in [-0.15, -0.1) is 0 Å². The predicted molar refractivity (Wildman–Crippen MR) is 78.3 cm³/mol. The van der Waals surface area contributed by atoms with Crippen molar-refractivity contribution in [3.05, 3.63) is 64.2 Å². The molecular weight excluding hydrogens is 250 g/mol. The lowest BCUT2D eigenvalue weighted by Crippen LogP contribution is -2.11. The Morgan fingerprint density at radius 3 is 2.95 bits per heavy atom. The fourth-order valence-corrected chi connectivity index (χ4v) is 2.47. The third-order valence-corrected chi connectivity index (χ3v) is 3.45. The molecule has 96 valence electrons. The van der Waals surface area contributed by atoms with Crippen molar-refractivity contribution in [1.29, 1.82) is 0 Å². The lowest BCUT2D eigenvalue weighted by molar-refractivity contribution is 0.457. The number of nitrogens with one attached hydrogen (secondary N) is 1. The topological polar surface area (TPSA) is 60.7 Å². The van der Waals surface area contributed by atoms with Crippen molar-refractivity contribution in [2.45, 2.75) is 0 Å². The highest BCUT2D eigenvalue weighted by Crippen LogP contribution is 2.27. The van der Waals surface area contributed by atoms with E-state index >= 15 is 0 Å². The number of hydrogen-bond donors (Lipinski definition) is 2. The molecule has 20 heavy (non-hydrogen) atoms. The second-order valence-electron chi connectivity index (χ2n) is 4.74. The highest BCUT2D eigenvalue weighted by molar-refractivity contribution is 5.91. The number of H-pyrrole nitrogens is 1. The second kappa shape index (κ2) is 4.06. The van der Waals surface area contributed by atoms with Crippen LogP contribution in [-0.4, -0.2) is 16.3 Å². The molecule has 0 saturated carbocycles. The zero-order valence-corrected chi connectivity index (χ0v) is 10.5. The smallest absolute Gasteiger partial charge is 0.196 e. The largest absolute Gasteiger partial charge is 0.494 e. The summed E-state index contributed by atoms with van der Waals surface area (Å²) in [6, 6.07) is 13.7. The van der Waals surface area contributed by atoms with Crippen LogP contribution in [0.4, 0.5) is 0 Å². The van der Waals surface area contributed by atoms with Gasteiger partial charge in [0.25, 0.3) is 0 Å². The zero-order chi connectivity index (χ0) is 13.5. The van der Waals surface area contributed by atoms with Gasteiger partial charge in [0.15, 0.2) is 5.88 Å². The summed E-state index contributed by atoms with van der Waals surface area (Å²) < 4.78 is 0. The molecule has 4 rings (SSSR count). The Kier molecular flexibility index (Phi) is 2.23. The molecule has 0 fully saturated rings. The van der Waals surface area contributed by atoms with Crippen molar-refractivity contribution in [1.82, 2.24) is 4.98 Å². The van der Waals surface area contributed by atoms with E-state index in [2.05, 4.69) is 15.2 Å². The maximum atomic E-state index is 10.1. The monoisotopic (exact) mass is 261 g/mol. The minimum atomic E-state index is 0.185. The van der Waals surface area contributed by atoms with Crippen LogP contribution in [0.5, 0.6) is 5.88 Å². The number of aromatic hydroxyl groups is 1. The van der Waals surface area contributed by atoms with Gasteiger partial charge in [0.1, 0.15) is 0 Å². The third kappa shape index (κ3) is 1.62. The molecule has 4 heteroatoms. The van der Waals surface area contributed by atoms with Crippen molar-refractivity contribution < 1.29 is 5.11 Å². The van der Waals surface area contributed by atoms with Gasteiger partial charge in [-0.2, -0.15) is 10.2 Å². The summed E-state index contributed by atoms with van der Waals surface area (Å²) in [6.07, 6.45) is 3.70. The first-order valence-electron chi connectivity index (χ1n) is 6.34. The molecule has 0 spiro atoms. The van der Waals surface area contributed by atoms with E-state index < -0.39 is 0 Å². The molecule has 2 heterocycles. The van der Waals surface area contributed by atoms with Crippen molar-refractivity contribution in [2.24, 2.45) is 10.2 Å². The second-order valence-corrected chi connectivity index (χ2v) is 4.74. The number of hydrogen-bond acceptors (Lipinski definition) is 3. The van der Waals surface area contributed by atoms with Crippen LogP contribution in [0.2, 0.25) is 0 Å². The van der Waals surface area contributed by atoms with Gasteiger partial charge >= 0.3 is 0 Å². The molecule has 4 nitrogen and oxygen atoms in total. The van der Waals surface area contributed by atoms with E-state index in [1.807, 2.05) is 48.5 Å². The number of fused-ring (bicyclic) bond motifs is 2. The van der Waals surface area contributed by atoms with Crippen LogP contribution < -0.4 is 10.6 Å². The highest BCUT2D eigenvalue weighted by atomic mass is 16.3. The lowest BCUT2D eigenvalue weighted by Gasteiger charge is -1.94. The molecule has 0 aliphatic carbocycles. The van der Waals surface area contributed by atoms with Crippen LogP contribution >= 0.6 is 0 Å². The third-order valence-electron chi connectivity index (χ3n) is 3.45. The summed E-state index contributed by atoms with van der Waals surface area (Å²) in [6.45, 7) is 0. The summed E-state index contributed by atoms with van der Waals surface area (Å²) >= 11 is 0. The molecule has 2 N–H and O–H groups in total. The maximum Gasteiger partial charge on any atom is 0.196 e. The van der Waals surface area contributed by atoms with E-state index in [-0.39, 0.29) is 5.88 Å². The summed E-state index contributed by atoms with van der Waals surface area (Å²) in [5.74, 6) is 0.185. The van der Waals surface area contributed by atoms with Gasteiger partial charge in [0.05, 0.1) is 11.6 Å². The Balaban J connectivity index is 1.97. The number of aromatic amines is 1.